The Morgan fingerprint density at radius 1 is 0.170 bits per heavy atom. The smallest absolute Gasteiger partial charge is 0.130 e. The predicted molar refractivity (Wildman–Crippen MR) is 642 cm³/mol. The lowest BCUT2D eigenvalue weighted by molar-refractivity contribution is 0.478. The van der Waals surface area contributed by atoms with Gasteiger partial charge in [-0.3, -0.25) is 0 Å². The van der Waals surface area contributed by atoms with Gasteiger partial charge in [-0.25, -0.2) is 0 Å². The maximum atomic E-state index is 5.82. The zero-order chi connectivity index (χ0) is 105. The Morgan fingerprint density at radius 3 is 0.898 bits per heavy atom. The van der Waals surface area contributed by atoms with Crippen LogP contribution in [-0.2, 0) is 18.3 Å². The molecule has 147 heavy (non-hydrogen) atoms. The number of benzene rings is 20. The van der Waals surface area contributed by atoms with Gasteiger partial charge >= 0.3 is 0 Å². The molecule has 1 aliphatic rings. The van der Waals surface area contributed by atoms with Gasteiger partial charge in [0.05, 0.1) is 5.41 Å². The summed E-state index contributed by atoms with van der Waals surface area (Å²) in [5.41, 5.74) is 51.3. The molecule has 0 spiro atoms. The Bertz CT molecular complexity index is 7290. The molecule has 0 unspecified atom stereocenters. The first kappa shape index (κ1) is 112. The minimum absolute atomic E-state index is 0.269. The van der Waals surface area contributed by atoms with Crippen LogP contribution >= 0.6 is 0 Å². The van der Waals surface area contributed by atoms with E-state index < -0.39 is 0 Å². The highest BCUT2D eigenvalue weighted by Gasteiger charge is 2.46. The van der Waals surface area contributed by atoms with E-state index in [1.807, 2.05) is 45.9 Å². The number of aryl methyl sites for hydroxylation is 21. The van der Waals surface area contributed by atoms with E-state index in [9.17, 15) is 0 Å². The molecular weight excluding hydrogens is 1770 g/mol. The Labute approximate surface area is 884 Å². The zero-order valence-corrected chi connectivity index (χ0v) is 92.1. The second-order valence-corrected chi connectivity index (χ2v) is 39.1. The Kier molecular flexibility index (Phi) is 42.7. The van der Waals surface area contributed by atoms with Crippen LogP contribution in [0.4, 0.5) is 0 Å². The summed E-state index contributed by atoms with van der Waals surface area (Å²) in [6.45, 7) is 52.7. The third-order valence-corrected chi connectivity index (χ3v) is 26.5. The summed E-state index contributed by atoms with van der Waals surface area (Å²) in [6.07, 6.45) is 2.07. The van der Waals surface area contributed by atoms with E-state index in [0.29, 0.717) is 0 Å². The molecule has 20 aromatic carbocycles. The van der Waals surface area contributed by atoms with Crippen LogP contribution in [0.25, 0.3) is 66.4 Å². The molecule has 1 nitrogen and oxygen atoms in total. The Morgan fingerprint density at radius 2 is 0.483 bits per heavy atom. The minimum Gasteiger partial charge on any atom is -0.457 e. The maximum absolute atomic E-state index is 5.82. The summed E-state index contributed by atoms with van der Waals surface area (Å²) in [6, 6.07) is 163. The van der Waals surface area contributed by atoms with Crippen molar-refractivity contribution in [1.82, 2.24) is 0 Å². The van der Waals surface area contributed by atoms with Gasteiger partial charge in [0, 0.05) is 0 Å². The molecule has 0 atom stereocenters. The Hall–Kier alpha value is -15.5. The van der Waals surface area contributed by atoms with E-state index in [1.54, 1.807) is 0 Å². The van der Waals surface area contributed by atoms with Gasteiger partial charge in [-0.05, 0) is 315 Å². The third-order valence-electron chi connectivity index (χ3n) is 26.5. The topological polar surface area (TPSA) is 9.23 Å². The van der Waals surface area contributed by atoms with Crippen LogP contribution in [0.15, 0.2) is 455 Å². The molecule has 21 rings (SSSR count). The van der Waals surface area contributed by atoms with Crippen LogP contribution in [-0.4, -0.2) is 0 Å². The van der Waals surface area contributed by atoms with Gasteiger partial charge < -0.3 is 4.74 Å². The van der Waals surface area contributed by atoms with E-state index in [1.165, 1.54) is 228 Å². The molecule has 0 N–H and O–H groups in total. The minimum atomic E-state index is -0.269. The average molecular weight is 1920 g/mol. The number of hydrogen-bond donors (Lipinski definition) is 0. The highest BCUT2D eigenvalue weighted by Crippen LogP contribution is 2.56. The van der Waals surface area contributed by atoms with E-state index in [4.69, 9.17) is 4.74 Å². The summed E-state index contributed by atoms with van der Waals surface area (Å²) in [5.74, 6) is 1.81. The fourth-order valence-electron chi connectivity index (χ4n) is 18.3. The van der Waals surface area contributed by atoms with Crippen molar-refractivity contribution in [3.63, 3.8) is 0 Å². The van der Waals surface area contributed by atoms with Crippen molar-refractivity contribution in [3.8, 4) is 67.1 Å². The first-order valence-electron chi connectivity index (χ1n) is 52.4. The van der Waals surface area contributed by atoms with Crippen LogP contribution in [0.3, 0.4) is 0 Å². The molecule has 0 amide bonds. The van der Waals surface area contributed by atoms with Crippen molar-refractivity contribution in [2.75, 3.05) is 0 Å². The van der Waals surface area contributed by atoms with Crippen LogP contribution in [0.1, 0.15) is 189 Å². The van der Waals surface area contributed by atoms with E-state index in [-0.39, 0.29) is 5.41 Å². The molecule has 0 radical (unpaired) electrons. The number of fused-ring (bicyclic) bond motifs is 4. The standard InChI is InChI=1S/C27H22.C21H20.C20H18.C15H16O.2C15H16.C11H10.2C9H12.2C2H6/c1-19-11-15-21(16-12-19)27(22-17-13-20(2)14-18-22)25-9-5-3-7-23(25)24-8-4-6-10-26(24)27;1-15-4-9-18(10-5-15)20-13-8-17(3)14-21(20)19-11-6-16(2)7-12-19;1-15-7-11-17(12-8-15)19-5-3-4-6-20(19)18-13-9-16(2)10-14-18;1-11-4-7-14(8-5-11)16-15-9-6-12(2)10-13(15)3;1-12-6-5-8-14(10-12)11-15-9-4-3-7-13(15)2;1-12-7-9-14(10-8-12)11-15-6-4-3-5-13(15)2;1-9-6-7-10-4-2-3-5-11(10)8-9;1-7-4-8(2)6-9(3)5-7;1-7-4-5-8(2)9(3)6-7;2*1-2/h3-18H,1-2H3;4-14H,1-3H3;3-14H,1-2H3;4-10H,1-3H3;2*3-10H,11H2,1-2H3;2-8H,1H3;2*4-6H,1-3H3;2*1-2H3. The van der Waals surface area contributed by atoms with Crippen molar-refractivity contribution >= 4 is 10.8 Å². The lowest BCUT2D eigenvalue weighted by Crippen LogP contribution is -2.28. The summed E-state index contributed by atoms with van der Waals surface area (Å²) >= 11 is 0. The van der Waals surface area contributed by atoms with Gasteiger partial charge in [-0.15, -0.1) is 0 Å². The predicted octanol–water partition coefficient (Wildman–Crippen LogP) is 40.9. The molecule has 744 valence electrons. The molecule has 1 heteroatoms. The quantitative estimate of drug-likeness (QED) is 0.118. The highest BCUT2D eigenvalue weighted by atomic mass is 16.5. The van der Waals surface area contributed by atoms with Gasteiger partial charge in [0.25, 0.3) is 0 Å². The molecular formula is C146H154O. The lowest BCUT2D eigenvalue weighted by atomic mass is 9.67. The summed E-state index contributed by atoms with van der Waals surface area (Å²) in [7, 11) is 0. The van der Waals surface area contributed by atoms with Crippen LogP contribution in [0.5, 0.6) is 11.5 Å². The van der Waals surface area contributed by atoms with Crippen molar-refractivity contribution in [2.45, 2.75) is 191 Å². The monoisotopic (exact) mass is 1920 g/mol. The molecule has 0 bridgehead atoms. The SMILES string of the molecule is CC.CC.Cc1cc(C)cc(C)c1.Cc1ccc(-c2ccc(C)cc2-c2ccc(C)cc2)cc1.Cc1ccc(-c2ccccc2-c2ccc(C)cc2)cc1.Cc1ccc(C)c(C)c1.Cc1ccc(C2(c3ccc(C)cc3)c3ccccc3-c3ccccc32)cc1.Cc1ccc(Cc2ccccc2C)cc1.Cc1ccc(Oc2ccc(C)cc2C)cc1.Cc1ccc2ccccc2c1.Cc1cccc(Cc2ccccc2C)c1. The molecule has 0 aromatic heterocycles. The summed E-state index contributed by atoms with van der Waals surface area (Å²) in [4.78, 5) is 0. The fraction of sp³-hybridized carbons (Fsp3) is 0.192. The average Bonchev–Trinajstić information content (AvgIpc) is 1.54. The van der Waals surface area contributed by atoms with Crippen LogP contribution < -0.4 is 4.74 Å². The van der Waals surface area contributed by atoms with Gasteiger partial charge in [-0.2, -0.15) is 0 Å². The van der Waals surface area contributed by atoms with E-state index in [2.05, 4.69) is 582 Å². The van der Waals surface area contributed by atoms with Crippen molar-refractivity contribution in [1.29, 1.82) is 0 Å². The Balaban J connectivity index is 0.000000159. The zero-order valence-electron chi connectivity index (χ0n) is 92.1. The van der Waals surface area contributed by atoms with Gasteiger partial charge in [-0.1, -0.05) is 553 Å². The summed E-state index contributed by atoms with van der Waals surface area (Å²) in [5, 5.41) is 2.64. The number of ether oxygens (including phenoxy) is 1. The molecule has 0 fully saturated rings. The maximum Gasteiger partial charge on any atom is 0.130 e. The second kappa shape index (κ2) is 56.1. The molecule has 0 heterocycles. The number of rotatable bonds is 12. The van der Waals surface area contributed by atoms with Gasteiger partial charge in [0.2, 0.25) is 0 Å². The molecule has 1 aliphatic carbocycles. The van der Waals surface area contributed by atoms with E-state index >= 15 is 0 Å². The third kappa shape index (κ3) is 32.7. The molecule has 20 aromatic rings. The fourth-order valence-corrected chi connectivity index (χ4v) is 18.3. The molecule has 0 aliphatic heterocycles. The van der Waals surface area contributed by atoms with Crippen LogP contribution in [0, 0.1) is 145 Å². The van der Waals surface area contributed by atoms with E-state index in [0.717, 1.165) is 24.3 Å². The first-order chi connectivity index (χ1) is 71.0. The second-order valence-electron chi connectivity index (χ2n) is 39.1. The first-order valence-corrected chi connectivity index (χ1v) is 52.4. The largest absolute Gasteiger partial charge is 0.457 e. The summed E-state index contributed by atoms with van der Waals surface area (Å²) < 4.78 is 5.82. The normalized spacial score (nSPS) is 10.7. The molecule has 0 saturated carbocycles. The van der Waals surface area contributed by atoms with Crippen LogP contribution in [0.2, 0.25) is 0 Å². The van der Waals surface area contributed by atoms with Crippen molar-refractivity contribution in [2.24, 2.45) is 0 Å². The molecule has 0 saturated heterocycles. The van der Waals surface area contributed by atoms with Gasteiger partial charge in [0.1, 0.15) is 11.5 Å². The lowest BCUT2D eigenvalue weighted by Gasteiger charge is -2.34. The van der Waals surface area contributed by atoms with Crippen molar-refractivity contribution < 1.29 is 4.74 Å². The highest BCUT2D eigenvalue weighted by molar-refractivity contribution is 5.88. The number of hydrogen-bond acceptors (Lipinski definition) is 1. The van der Waals surface area contributed by atoms with Gasteiger partial charge in [0.15, 0.2) is 0 Å². The van der Waals surface area contributed by atoms with Crippen molar-refractivity contribution in [3.05, 3.63) is 616 Å².